The molecule has 0 spiro atoms. The molecule has 0 atom stereocenters. The van der Waals surface area contributed by atoms with Crippen LogP contribution in [0.5, 0.6) is 11.5 Å². The van der Waals surface area contributed by atoms with Gasteiger partial charge in [-0.15, -0.1) is 0 Å². The molecule has 0 unspecified atom stereocenters. The van der Waals surface area contributed by atoms with Crippen LogP contribution >= 0.6 is 23.2 Å². The third-order valence-electron chi connectivity index (χ3n) is 2.73. The van der Waals surface area contributed by atoms with Gasteiger partial charge >= 0.3 is 0 Å². The first kappa shape index (κ1) is 14.7. The maximum Gasteiger partial charge on any atom is 0.156 e. The Bertz CT molecular complexity index is 606. The minimum Gasteiger partial charge on any atom is -0.496 e. The lowest BCUT2D eigenvalue weighted by Gasteiger charge is -2.12. The van der Waals surface area contributed by atoms with E-state index in [2.05, 4.69) is 0 Å². The zero-order valence-electron chi connectivity index (χ0n) is 10.7. The Morgan fingerprint density at radius 3 is 2.45 bits per heavy atom. The van der Waals surface area contributed by atoms with Gasteiger partial charge in [-0.05, 0) is 30.3 Å². The number of rotatable bonds is 5. The molecule has 2 aromatic carbocycles. The lowest BCUT2D eigenvalue weighted by atomic mass is 10.1. The maximum absolute atomic E-state index is 10.8. The van der Waals surface area contributed by atoms with Gasteiger partial charge in [0.15, 0.2) is 5.75 Å². The Morgan fingerprint density at radius 1 is 1.15 bits per heavy atom. The molecular weight excluding hydrogens is 299 g/mol. The molecule has 5 heteroatoms. The second-order valence-electron chi connectivity index (χ2n) is 4.03. The smallest absolute Gasteiger partial charge is 0.156 e. The SMILES string of the molecule is COc1ccc(C=O)cc1COc1c(Cl)cccc1Cl. The van der Waals surface area contributed by atoms with Crippen LogP contribution in [0.15, 0.2) is 36.4 Å². The number of para-hydroxylation sites is 1. The highest BCUT2D eigenvalue weighted by molar-refractivity contribution is 6.37. The molecule has 0 heterocycles. The third kappa shape index (κ3) is 3.24. The standard InChI is InChI=1S/C15H12Cl2O3/c1-19-14-6-5-10(8-18)7-11(14)9-20-15-12(16)3-2-4-13(15)17/h2-8H,9H2,1H3. The predicted molar refractivity (Wildman–Crippen MR) is 79.2 cm³/mol. The molecule has 0 fully saturated rings. The number of ether oxygens (including phenoxy) is 2. The Balaban J connectivity index is 2.24. The minimum absolute atomic E-state index is 0.203. The van der Waals surface area contributed by atoms with Gasteiger partial charge in [0, 0.05) is 11.1 Å². The molecular formula is C15H12Cl2O3. The highest BCUT2D eigenvalue weighted by atomic mass is 35.5. The average molecular weight is 311 g/mol. The zero-order chi connectivity index (χ0) is 14.5. The van der Waals surface area contributed by atoms with Crippen molar-refractivity contribution < 1.29 is 14.3 Å². The molecule has 0 aliphatic carbocycles. The van der Waals surface area contributed by atoms with E-state index >= 15 is 0 Å². The van der Waals surface area contributed by atoms with Gasteiger partial charge in [-0.2, -0.15) is 0 Å². The summed E-state index contributed by atoms with van der Waals surface area (Å²) in [6.45, 7) is 0.203. The van der Waals surface area contributed by atoms with Crippen LogP contribution in [0.3, 0.4) is 0 Å². The summed E-state index contributed by atoms with van der Waals surface area (Å²) in [5.74, 6) is 1.05. The van der Waals surface area contributed by atoms with Crippen LogP contribution in [0.4, 0.5) is 0 Å². The van der Waals surface area contributed by atoms with Crippen molar-refractivity contribution in [2.45, 2.75) is 6.61 Å². The lowest BCUT2D eigenvalue weighted by molar-refractivity contribution is 0.112. The van der Waals surface area contributed by atoms with Gasteiger partial charge in [-0.3, -0.25) is 4.79 Å². The third-order valence-corrected chi connectivity index (χ3v) is 3.33. The molecule has 104 valence electrons. The number of hydrogen-bond acceptors (Lipinski definition) is 3. The van der Waals surface area contributed by atoms with Gasteiger partial charge in [0.1, 0.15) is 18.6 Å². The molecule has 0 radical (unpaired) electrons. The van der Waals surface area contributed by atoms with E-state index in [1.807, 2.05) is 0 Å². The molecule has 2 rings (SSSR count). The van der Waals surface area contributed by atoms with E-state index in [0.29, 0.717) is 27.1 Å². The summed E-state index contributed by atoms with van der Waals surface area (Å²) < 4.78 is 10.9. The van der Waals surface area contributed by atoms with Crippen molar-refractivity contribution in [2.24, 2.45) is 0 Å². The molecule has 20 heavy (non-hydrogen) atoms. The van der Waals surface area contributed by atoms with Crippen LogP contribution in [-0.4, -0.2) is 13.4 Å². The molecule has 3 nitrogen and oxygen atoms in total. The minimum atomic E-state index is 0.203. The van der Waals surface area contributed by atoms with Crippen molar-refractivity contribution in [1.82, 2.24) is 0 Å². The first-order chi connectivity index (χ1) is 9.65. The van der Waals surface area contributed by atoms with Crippen LogP contribution in [0.25, 0.3) is 0 Å². The first-order valence-electron chi connectivity index (χ1n) is 5.84. The van der Waals surface area contributed by atoms with Crippen LogP contribution in [-0.2, 0) is 6.61 Å². The molecule has 0 aliphatic heterocycles. The molecule has 0 bridgehead atoms. The number of methoxy groups -OCH3 is 1. The molecule has 0 saturated carbocycles. The second-order valence-corrected chi connectivity index (χ2v) is 4.84. The summed E-state index contributed by atoms with van der Waals surface area (Å²) in [5.41, 5.74) is 1.29. The van der Waals surface area contributed by atoms with Crippen molar-refractivity contribution in [1.29, 1.82) is 0 Å². The fourth-order valence-electron chi connectivity index (χ4n) is 1.75. The quantitative estimate of drug-likeness (QED) is 0.768. The summed E-state index contributed by atoms with van der Waals surface area (Å²) in [5, 5.41) is 0.867. The number of halogens is 2. The van der Waals surface area contributed by atoms with Crippen LogP contribution in [0, 0.1) is 0 Å². The number of hydrogen-bond donors (Lipinski definition) is 0. The molecule has 0 saturated heterocycles. The van der Waals surface area contributed by atoms with E-state index in [1.54, 1.807) is 43.5 Å². The summed E-state index contributed by atoms with van der Waals surface area (Å²) in [7, 11) is 1.56. The highest BCUT2D eigenvalue weighted by Crippen LogP contribution is 2.33. The number of carbonyl (C=O) groups excluding carboxylic acids is 1. The zero-order valence-corrected chi connectivity index (χ0v) is 12.2. The number of aldehydes is 1. The summed E-state index contributed by atoms with van der Waals surface area (Å²) in [6.07, 6.45) is 0.769. The summed E-state index contributed by atoms with van der Waals surface area (Å²) in [4.78, 5) is 10.8. The van der Waals surface area contributed by atoms with E-state index in [9.17, 15) is 4.79 Å². The summed E-state index contributed by atoms with van der Waals surface area (Å²) in [6, 6.07) is 10.2. The monoisotopic (exact) mass is 310 g/mol. The second kappa shape index (κ2) is 6.64. The van der Waals surface area contributed by atoms with Gasteiger partial charge in [0.05, 0.1) is 17.2 Å². The van der Waals surface area contributed by atoms with Gasteiger partial charge in [0.25, 0.3) is 0 Å². The lowest BCUT2D eigenvalue weighted by Crippen LogP contribution is -2.00. The number of benzene rings is 2. The van der Waals surface area contributed by atoms with Crippen molar-refractivity contribution in [3.8, 4) is 11.5 Å². The molecule has 2 aromatic rings. The van der Waals surface area contributed by atoms with E-state index < -0.39 is 0 Å². The first-order valence-corrected chi connectivity index (χ1v) is 6.60. The van der Waals surface area contributed by atoms with Crippen molar-refractivity contribution >= 4 is 29.5 Å². The molecule has 0 amide bonds. The predicted octanol–water partition coefficient (Wildman–Crippen LogP) is 4.39. The Morgan fingerprint density at radius 2 is 1.85 bits per heavy atom. The Labute approximate surface area is 127 Å². The highest BCUT2D eigenvalue weighted by Gasteiger charge is 2.10. The van der Waals surface area contributed by atoms with E-state index in [4.69, 9.17) is 32.7 Å². The topological polar surface area (TPSA) is 35.5 Å². The fraction of sp³-hybridized carbons (Fsp3) is 0.133. The van der Waals surface area contributed by atoms with Crippen molar-refractivity contribution in [3.05, 3.63) is 57.6 Å². The van der Waals surface area contributed by atoms with Crippen LogP contribution in [0.2, 0.25) is 10.0 Å². The maximum atomic E-state index is 10.8. The summed E-state index contributed by atoms with van der Waals surface area (Å²) >= 11 is 12.1. The normalized spacial score (nSPS) is 10.2. The van der Waals surface area contributed by atoms with Crippen LogP contribution < -0.4 is 9.47 Å². The van der Waals surface area contributed by atoms with Gasteiger partial charge in [-0.1, -0.05) is 29.3 Å². The van der Waals surface area contributed by atoms with Crippen molar-refractivity contribution in [2.75, 3.05) is 7.11 Å². The largest absolute Gasteiger partial charge is 0.496 e. The molecule has 0 aliphatic rings. The molecule has 0 N–H and O–H groups in total. The Hall–Kier alpha value is -1.71. The fourth-order valence-corrected chi connectivity index (χ4v) is 2.26. The van der Waals surface area contributed by atoms with Crippen LogP contribution in [0.1, 0.15) is 15.9 Å². The Kier molecular flexibility index (Phi) is 4.88. The average Bonchev–Trinajstić information content (AvgIpc) is 2.46. The van der Waals surface area contributed by atoms with Gasteiger partial charge < -0.3 is 9.47 Å². The number of carbonyl (C=O) groups is 1. The van der Waals surface area contributed by atoms with Gasteiger partial charge in [-0.25, -0.2) is 0 Å². The van der Waals surface area contributed by atoms with E-state index in [-0.39, 0.29) is 6.61 Å². The molecule has 0 aromatic heterocycles. The van der Waals surface area contributed by atoms with Gasteiger partial charge in [0.2, 0.25) is 0 Å². The van der Waals surface area contributed by atoms with E-state index in [0.717, 1.165) is 11.8 Å². The van der Waals surface area contributed by atoms with E-state index in [1.165, 1.54) is 0 Å². The van der Waals surface area contributed by atoms with Crippen molar-refractivity contribution in [3.63, 3.8) is 0 Å².